The summed E-state index contributed by atoms with van der Waals surface area (Å²) < 4.78 is 7.56. The number of nitrogens with zero attached hydrogens (tertiary/aromatic N) is 4. The molecule has 2 heterocycles. The highest BCUT2D eigenvalue weighted by atomic mass is 32.2. The molecule has 0 bridgehead atoms. The maximum atomic E-state index is 5.46. The average molecular weight is 356 g/mol. The van der Waals surface area contributed by atoms with E-state index >= 15 is 0 Å². The summed E-state index contributed by atoms with van der Waals surface area (Å²) in [7, 11) is 0. The van der Waals surface area contributed by atoms with E-state index in [4.69, 9.17) is 4.52 Å². The van der Waals surface area contributed by atoms with E-state index in [1.54, 1.807) is 11.8 Å². The summed E-state index contributed by atoms with van der Waals surface area (Å²) in [5, 5.41) is 5.05. The van der Waals surface area contributed by atoms with Crippen LogP contribution in [0.5, 0.6) is 0 Å². The lowest BCUT2D eigenvalue weighted by Gasteiger charge is -2.12. The third kappa shape index (κ3) is 3.79. The summed E-state index contributed by atoms with van der Waals surface area (Å²) in [6.45, 7) is 12.5. The molecule has 0 amide bonds. The Morgan fingerprint density at radius 1 is 1.16 bits per heavy atom. The number of benzene rings is 1. The van der Waals surface area contributed by atoms with Crippen molar-refractivity contribution in [2.45, 2.75) is 57.4 Å². The van der Waals surface area contributed by atoms with Gasteiger partial charge in [0.25, 0.3) is 0 Å². The lowest BCUT2D eigenvalue weighted by molar-refractivity contribution is 0.364. The fourth-order valence-corrected chi connectivity index (χ4v) is 3.28. The van der Waals surface area contributed by atoms with Crippen molar-refractivity contribution in [3.05, 3.63) is 53.4 Å². The molecule has 1 atom stereocenters. The van der Waals surface area contributed by atoms with Gasteiger partial charge in [0.2, 0.25) is 5.89 Å². The topological polar surface area (TPSA) is 56.7 Å². The van der Waals surface area contributed by atoms with Gasteiger partial charge in [0, 0.05) is 23.5 Å². The molecule has 0 N–H and O–H groups in total. The van der Waals surface area contributed by atoms with Crippen LogP contribution in [-0.4, -0.2) is 19.7 Å². The Balaban J connectivity index is 1.83. The van der Waals surface area contributed by atoms with Crippen LogP contribution < -0.4 is 0 Å². The molecule has 5 nitrogen and oxygen atoms in total. The standard InChI is InChI=1S/C19H24N4OS/c1-12-7-8-15(11-13(12)2)23-10-9-20-18(23)25-14(3)16-21-17(22-24-16)19(4,5)6/h7-11,14H,1-6H3. The molecule has 1 aromatic carbocycles. The zero-order chi connectivity index (χ0) is 18.2. The molecule has 0 radical (unpaired) electrons. The van der Waals surface area contributed by atoms with Crippen molar-refractivity contribution in [2.75, 3.05) is 0 Å². The van der Waals surface area contributed by atoms with Gasteiger partial charge in [-0.05, 0) is 44.0 Å². The number of thioether (sulfide) groups is 1. The first kappa shape index (κ1) is 17.7. The molecule has 0 aliphatic rings. The Labute approximate surface area is 152 Å². The highest BCUT2D eigenvalue weighted by molar-refractivity contribution is 7.99. The van der Waals surface area contributed by atoms with Gasteiger partial charge in [-0.15, -0.1) is 0 Å². The van der Waals surface area contributed by atoms with Gasteiger partial charge in [-0.1, -0.05) is 43.8 Å². The minimum absolute atomic E-state index is 0.0243. The van der Waals surface area contributed by atoms with E-state index in [0.717, 1.165) is 16.7 Å². The van der Waals surface area contributed by atoms with Crippen LogP contribution in [0.1, 0.15) is 55.8 Å². The number of rotatable bonds is 4. The SMILES string of the molecule is Cc1ccc(-n2ccnc2SC(C)c2nc(C(C)(C)C)no2)cc1C. The normalized spacial score (nSPS) is 13.2. The highest BCUT2D eigenvalue weighted by Gasteiger charge is 2.24. The van der Waals surface area contributed by atoms with Crippen LogP contribution in [0.4, 0.5) is 0 Å². The molecule has 0 saturated heterocycles. The lowest BCUT2D eigenvalue weighted by atomic mass is 9.96. The predicted octanol–water partition coefficient (Wildman–Crippen LogP) is 5.02. The van der Waals surface area contributed by atoms with Crippen molar-refractivity contribution in [2.24, 2.45) is 0 Å². The monoisotopic (exact) mass is 356 g/mol. The van der Waals surface area contributed by atoms with Crippen LogP contribution in [0, 0.1) is 13.8 Å². The maximum absolute atomic E-state index is 5.46. The fraction of sp³-hybridized carbons (Fsp3) is 0.421. The summed E-state index contributed by atoms with van der Waals surface area (Å²) in [4.78, 5) is 9.06. The van der Waals surface area contributed by atoms with E-state index in [-0.39, 0.29) is 10.7 Å². The number of hydrogen-bond donors (Lipinski definition) is 0. The predicted molar refractivity (Wildman–Crippen MR) is 100 cm³/mol. The van der Waals surface area contributed by atoms with E-state index < -0.39 is 0 Å². The Kier molecular flexibility index (Phi) is 4.73. The molecule has 0 spiro atoms. The van der Waals surface area contributed by atoms with Gasteiger partial charge in [0.1, 0.15) is 0 Å². The highest BCUT2D eigenvalue weighted by Crippen LogP contribution is 2.35. The molecule has 0 aliphatic heterocycles. The van der Waals surface area contributed by atoms with Crippen molar-refractivity contribution < 1.29 is 4.52 Å². The van der Waals surface area contributed by atoms with E-state index in [0.29, 0.717) is 5.89 Å². The minimum Gasteiger partial charge on any atom is -0.338 e. The molecule has 2 aromatic heterocycles. The van der Waals surface area contributed by atoms with Gasteiger partial charge < -0.3 is 4.52 Å². The summed E-state index contributed by atoms with van der Waals surface area (Å²) >= 11 is 1.61. The summed E-state index contributed by atoms with van der Waals surface area (Å²) in [5.41, 5.74) is 3.54. The molecular formula is C19H24N4OS. The van der Waals surface area contributed by atoms with Crippen molar-refractivity contribution in [1.29, 1.82) is 0 Å². The van der Waals surface area contributed by atoms with Gasteiger partial charge >= 0.3 is 0 Å². The molecule has 6 heteroatoms. The van der Waals surface area contributed by atoms with Gasteiger partial charge in [-0.3, -0.25) is 4.57 Å². The Hall–Kier alpha value is -2.08. The second-order valence-corrected chi connectivity index (χ2v) is 8.62. The van der Waals surface area contributed by atoms with Crippen LogP contribution in [0.3, 0.4) is 0 Å². The summed E-state index contributed by atoms with van der Waals surface area (Å²) in [5.74, 6) is 1.36. The van der Waals surface area contributed by atoms with Crippen LogP contribution in [-0.2, 0) is 5.41 Å². The zero-order valence-electron chi connectivity index (χ0n) is 15.6. The van der Waals surface area contributed by atoms with Gasteiger partial charge in [-0.25, -0.2) is 4.98 Å². The Bertz CT molecular complexity index is 876. The quantitative estimate of drug-likeness (QED) is 0.614. The average Bonchev–Trinajstić information content (AvgIpc) is 3.18. The minimum atomic E-state index is -0.121. The van der Waals surface area contributed by atoms with E-state index in [1.807, 2.05) is 12.4 Å². The summed E-state index contributed by atoms with van der Waals surface area (Å²) in [6.07, 6.45) is 3.80. The molecule has 0 fully saturated rings. The Morgan fingerprint density at radius 3 is 2.56 bits per heavy atom. The first-order chi connectivity index (χ1) is 11.8. The third-order valence-electron chi connectivity index (χ3n) is 4.12. The molecule has 132 valence electrons. The van der Waals surface area contributed by atoms with Gasteiger partial charge in [0.05, 0.1) is 5.25 Å². The van der Waals surface area contributed by atoms with Gasteiger partial charge in [-0.2, -0.15) is 4.98 Å². The Morgan fingerprint density at radius 2 is 1.92 bits per heavy atom. The third-order valence-corrected chi connectivity index (χ3v) is 5.19. The van der Waals surface area contributed by atoms with Crippen molar-refractivity contribution in [1.82, 2.24) is 19.7 Å². The molecule has 0 aliphatic carbocycles. The number of aryl methyl sites for hydroxylation is 2. The van der Waals surface area contributed by atoms with E-state index in [9.17, 15) is 0 Å². The van der Waals surface area contributed by atoms with Crippen LogP contribution in [0.2, 0.25) is 0 Å². The van der Waals surface area contributed by atoms with E-state index in [2.05, 4.69) is 79.4 Å². The van der Waals surface area contributed by atoms with Crippen molar-refractivity contribution in [3.63, 3.8) is 0 Å². The molecule has 25 heavy (non-hydrogen) atoms. The van der Waals surface area contributed by atoms with Crippen molar-refractivity contribution in [3.8, 4) is 5.69 Å². The van der Waals surface area contributed by atoms with Crippen molar-refractivity contribution >= 4 is 11.8 Å². The second kappa shape index (κ2) is 6.67. The van der Waals surface area contributed by atoms with Crippen LogP contribution in [0.25, 0.3) is 5.69 Å². The smallest absolute Gasteiger partial charge is 0.239 e. The van der Waals surface area contributed by atoms with E-state index in [1.165, 1.54) is 11.1 Å². The molecular weight excluding hydrogens is 332 g/mol. The molecule has 3 rings (SSSR count). The number of hydrogen-bond acceptors (Lipinski definition) is 5. The van der Waals surface area contributed by atoms with Gasteiger partial charge in [0.15, 0.2) is 11.0 Å². The van der Waals surface area contributed by atoms with Crippen LogP contribution >= 0.6 is 11.8 Å². The first-order valence-corrected chi connectivity index (χ1v) is 9.25. The number of aromatic nitrogens is 4. The van der Waals surface area contributed by atoms with Crippen LogP contribution in [0.15, 0.2) is 40.3 Å². The molecule has 1 unspecified atom stereocenters. The molecule has 0 saturated carbocycles. The first-order valence-electron chi connectivity index (χ1n) is 8.37. The number of imidazole rings is 1. The maximum Gasteiger partial charge on any atom is 0.239 e. The lowest BCUT2D eigenvalue weighted by Crippen LogP contribution is -2.13. The second-order valence-electron chi connectivity index (χ2n) is 7.31. The fourth-order valence-electron chi connectivity index (χ4n) is 2.36. The molecule has 3 aromatic rings. The largest absolute Gasteiger partial charge is 0.338 e. The zero-order valence-corrected chi connectivity index (χ0v) is 16.4. The summed E-state index contributed by atoms with van der Waals surface area (Å²) in [6, 6.07) is 6.43.